The Kier molecular flexibility index (Phi) is 4.08. The molecule has 0 heterocycles. The predicted octanol–water partition coefficient (Wildman–Crippen LogP) is 2.88. The average Bonchev–Trinajstić information content (AvgIpc) is 2.18. The van der Waals surface area contributed by atoms with E-state index in [2.05, 4.69) is 5.32 Å². The molecule has 1 N–H and O–H groups in total. The molecule has 15 heavy (non-hydrogen) atoms. The van der Waals surface area contributed by atoms with Crippen molar-refractivity contribution in [3.8, 4) is 0 Å². The highest BCUT2D eigenvalue weighted by atomic mass is 19.3. The van der Waals surface area contributed by atoms with Crippen molar-refractivity contribution in [1.29, 1.82) is 0 Å². The summed E-state index contributed by atoms with van der Waals surface area (Å²) in [7, 11) is 0. The van der Waals surface area contributed by atoms with Crippen LogP contribution in [-0.4, -0.2) is 13.0 Å². The average molecular weight is 221 g/mol. The van der Waals surface area contributed by atoms with Gasteiger partial charge in [-0.3, -0.25) is 0 Å². The van der Waals surface area contributed by atoms with E-state index in [1.165, 1.54) is 19.1 Å². The van der Waals surface area contributed by atoms with Gasteiger partial charge in [0, 0.05) is 11.6 Å². The maximum atomic E-state index is 13.2. The van der Waals surface area contributed by atoms with E-state index in [0.29, 0.717) is 0 Å². The summed E-state index contributed by atoms with van der Waals surface area (Å²) in [5.74, 6) is -1.97. The molecule has 0 radical (unpaired) electrons. The standard InChI is InChI=1S/C10H11F4N/c1-6(15-5-9(12)13)7-3-2-4-8(11)10(7)14/h2-4,6,9,15H,5H2,1H3. The minimum absolute atomic E-state index is 0.0515. The molecule has 1 unspecified atom stereocenters. The molecule has 0 aliphatic rings. The second kappa shape index (κ2) is 5.11. The van der Waals surface area contributed by atoms with Crippen molar-refractivity contribution >= 4 is 0 Å². The molecule has 0 fully saturated rings. The van der Waals surface area contributed by atoms with Crippen molar-refractivity contribution < 1.29 is 17.6 Å². The molecule has 0 aromatic heterocycles. The van der Waals surface area contributed by atoms with Crippen LogP contribution in [0.5, 0.6) is 0 Å². The summed E-state index contributed by atoms with van der Waals surface area (Å²) in [6, 6.07) is 3.05. The van der Waals surface area contributed by atoms with E-state index < -0.39 is 30.6 Å². The Morgan fingerprint density at radius 2 is 1.93 bits per heavy atom. The van der Waals surface area contributed by atoms with Crippen molar-refractivity contribution in [3.63, 3.8) is 0 Å². The van der Waals surface area contributed by atoms with E-state index in [1.54, 1.807) is 0 Å². The van der Waals surface area contributed by atoms with Gasteiger partial charge < -0.3 is 5.32 Å². The van der Waals surface area contributed by atoms with Crippen molar-refractivity contribution in [2.45, 2.75) is 19.4 Å². The molecule has 1 rings (SSSR count). The third kappa shape index (κ3) is 3.20. The summed E-state index contributed by atoms with van der Waals surface area (Å²) in [5.41, 5.74) is 0.0515. The molecule has 0 aliphatic heterocycles. The van der Waals surface area contributed by atoms with Crippen molar-refractivity contribution in [2.75, 3.05) is 6.54 Å². The number of halogens is 4. The van der Waals surface area contributed by atoms with Crippen LogP contribution >= 0.6 is 0 Å². The van der Waals surface area contributed by atoms with Crippen molar-refractivity contribution in [3.05, 3.63) is 35.4 Å². The van der Waals surface area contributed by atoms with Crippen LogP contribution in [0.3, 0.4) is 0 Å². The van der Waals surface area contributed by atoms with Gasteiger partial charge in [-0.15, -0.1) is 0 Å². The van der Waals surface area contributed by atoms with Crippen LogP contribution in [0.25, 0.3) is 0 Å². The molecule has 0 amide bonds. The molecule has 1 atom stereocenters. The Labute approximate surface area is 85.1 Å². The molecule has 1 nitrogen and oxygen atoms in total. The lowest BCUT2D eigenvalue weighted by Crippen LogP contribution is -2.25. The van der Waals surface area contributed by atoms with Gasteiger partial charge >= 0.3 is 0 Å². The minimum Gasteiger partial charge on any atom is -0.305 e. The van der Waals surface area contributed by atoms with Crippen LogP contribution in [0, 0.1) is 11.6 Å². The van der Waals surface area contributed by atoms with Crippen LogP contribution in [0.4, 0.5) is 17.6 Å². The fourth-order valence-corrected chi connectivity index (χ4v) is 1.23. The predicted molar refractivity (Wildman–Crippen MR) is 48.8 cm³/mol. The van der Waals surface area contributed by atoms with Crippen LogP contribution in [0.1, 0.15) is 18.5 Å². The fourth-order valence-electron chi connectivity index (χ4n) is 1.23. The molecule has 1 aromatic rings. The topological polar surface area (TPSA) is 12.0 Å². The van der Waals surface area contributed by atoms with Gasteiger partial charge in [0.1, 0.15) is 0 Å². The van der Waals surface area contributed by atoms with Gasteiger partial charge in [0.2, 0.25) is 0 Å². The first-order valence-corrected chi connectivity index (χ1v) is 4.47. The lowest BCUT2D eigenvalue weighted by molar-refractivity contribution is 0.142. The van der Waals surface area contributed by atoms with Gasteiger partial charge in [0.05, 0.1) is 6.54 Å². The van der Waals surface area contributed by atoms with Crippen molar-refractivity contribution in [2.24, 2.45) is 0 Å². The van der Waals surface area contributed by atoms with Crippen LogP contribution in [0.2, 0.25) is 0 Å². The first-order valence-electron chi connectivity index (χ1n) is 4.47. The van der Waals surface area contributed by atoms with E-state index >= 15 is 0 Å². The number of hydrogen-bond donors (Lipinski definition) is 1. The fraction of sp³-hybridized carbons (Fsp3) is 0.400. The first kappa shape index (κ1) is 12.0. The molecule has 0 saturated carbocycles. The summed E-state index contributed by atoms with van der Waals surface area (Å²) >= 11 is 0. The van der Waals surface area contributed by atoms with Gasteiger partial charge in [-0.2, -0.15) is 0 Å². The number of rotatable bonds is 4. The van der Waals surface area contributed by atoms with E-state index in [-0.39, 0.29) is 5.56 Å². The molecule has 0 spiro atoms. The molecular formula is C10H11F4N. The van der Waals surface area contributed by atoms with Crippen LogP contribution in [-0.2, 0) is 0 Å². The Morgan fingerprint density at radius 3 is 2.53 bits per heavy atom. The van der Waals surface area contributed by atoms with E-state index in [1.807, 2.05) is 0 Å². The molecule has 5 heteroatoms. The van der Waals surface area contributed by atoms with Crippen molar-refractivity contribution in [1.82, 2.24) is 5.32 Å². The van der Waals surface area contributed by atoms with Gasteiger partial charge in [0.25, 0.3) is 6.43 Å². The Balaban J connectivity index is 2.73. The highest BCUT2D eigenvalue weighted by molar-refractivity contribution is 5.21. The zero-order valence-corrected chi connectivity index (χ0v) is 8.11. The Bertz CT molecular complexity index is 327. The molecule has 0 aliphatic carbocycles. The maximum absolute atomic E-state index is 13.2. The molecule has 1 aromatic carbocycles. The SMILES string of the molecule is CC(NCC(F)F)c1cccc(F)c1F. The molecule has 0 saturated heterocycles. The molecule has 84 valence electrons. The zero-order valence-electron chi connectivity index (χ0n) is 8.11. The smallest absolute Gasteiger partial charge is 0.250 e. The van der Waals surface area contributed by atoms with E-state index in [4.69, 9.17) is 0 Å². The van der Waals surface area contributed by atoms with E-state index in [9.17, 15) is 17.6 Å². The summed E-state index contributed by atoms with van der Waals surface area (Å²) in [5, 5.41) is 2.41. The molecule has 0 bridgehead atoms. The Hall–Kier alpha value is -1.10. The third-order valence-electron chi connectivity index (χ3n) is 2.03. The number of nitrogens with one attached hydrogen (secondary N) is 1. The normalized spacial score (nSPS) is 13.2. The van der Waals surface area contributed by atoms with Gasteiger partial charge in [-0.1, -0.05) is 12.1 Å². The van der Waals surface area contributed by atoms with Gasteiger partial charge in [-0.05, 0) is 13.0 Å². The lowest BCUT2D eigenvalue weighted by Gasteiger charge is -2.14. The first-order chi connectivity index (χ1) is 7.02. The van der Waals surface area contributed by atoms with Crippen LogP contribution < -0.4 is 5.32 Å². The number of hydrogen-bond acceptors (Lipinski definition) is 1. The monoisotopic (exact) mass is 221 g/mol. The summed E-state index contributed by atoms with van der Waals surface area (Å²) in [6.07, 6.45) is -2.51. The largest absolute Gasteiger partial charge is 0.305 e. The quantitative estimate of drug-likeness (QED) is 0.771. The highest BCUT2D eigenvalue weighted by Crippen LogP contribution is 2.18. The highest BCUT2D eigenvalue weighted by Gasteiger charge is 2.14. The van der Waals surface area contributed by atoms with E-state index in [0.717, 1.165) is 6.07 Å². The Morgan fingerprint density at radius 1 is 1.27 bits per heavy atom. The summed E-state index contributed by atoms with van der Waals surface area (Å²) in [4.78, 5) is 0. The maximum Gasteiger partial charge on any atom is 0.250 e. The third-order valence-corrected chi connectivity index (χ3v) is 2.03. The lowest BCUT2D eigenvalue weighted by atomic mass is 10.1. The zero-order chi connectivity index (χ0) is 11.4. The van der Waals surface area contributed by atoms with Gasteiger partial charge in [-0.25, -0.2) is 17.6 Å². The number of alkyl halides is 2. The van der Waals surface area contributed by atoms with Crippen LogP contribution in [0.15, 0.2) is 18.2 Å². The van der Waals surface area contributed by atoms with Gasteiger partial charge in [0.15, 0.2) is 11.6 Å². The second-order valence-electron chi connectivity index (χ2n) is 3.16. The molecular weight excluding hydrogens is 210 g/mol. The summed E-state index contributed by atoms with van der Waals surface area (Å²) < 4.78 is 49.7. The summed E-state index contributed by atoms with van der Waals surface area (Å²) in [6.45, 7) is 0.956. The second-order valence-corrected chi connectivity index (χ2v) is 3.16. The minimum atomic E-state index is -2.51. The number of benzene rings is 1.